The molecule has 1 atom stereocenters. The number of carbonyl (C=O) groups is 3. The van der Waals surface area contributed by atoms with E-state index in [0.717, 1.165) is 13.0 Å². The molecule has 1 aromatic carbocycles. The molecular weight excluding hydrogens is 380 g/mol. The fraction of sp³-hybridized carbons (Fsp3) is 0.350. The zero-order valence-corrected chi connectivity index (χ0v) is 16.8. The zero-order valence-electron chi connectivity index (χ0n) is 16.0. The lowest BCUT2D eigenvalue weighted by molar-refractivity contribution is -0.117. The Labute approximate surface area is 167 Å². The van der Waals surface area contributed by atoms with Gasteiger partial charge in [-0.05, 0) is 48.6 Å². The van der Waals surface area contributed by atoms with Gasteiger partial charge in [-0.2, -0.15) is 0 Å². The SMILES string of the molecule is COC(=O)c1cc(NC(=O)CN2CCc3sccc3C2C)cc(C(=O)OC)c1. The minimum atomic E-state index is -0.601. The average Bonchev–Trinajstić information content (AvgIpc) is 3.18. The lowest BCUT2D eigenvalue weighted by atomic mass is 10.0. The van der Waals surface area contributed by atoms with Gasteiger partial charge in [-0.15, -0.1) is 11.3 Å². The molecule has 1 aliphatic rings. The van der Waals surface area contributed by atoms with Crippen molar-refractivity contribution in [3.63, 3.8) is 0 Å². The summed E-state index contributed by atoms with van der Waals surface area (Å²) in [6.07, 6.45) is 0.926. The van der Waals surface area contributed by atoms with Crippen molar-refractivity contribution in [1.82, 2.24) is 4.90 Å². The number of nitrogens with zero attached hydrogens (tertiary/aromatic N) is 1. The highest BCUT2D eigenvalue weighted by Crippen LogP contribution is 2.32. The van der Waals surface area contributed by atoms with Gasteiger partial charge < -0.3 is 14.8 Å². The normalized spacial score (nSPS) is 16.2. The number of nitrogens with one attached hydrogen (secondary N) is 1. The second-order valence-corrected chi connectivity index (χ2v) is 7.53. The van der Waals surface area contributed by atoms with Crippen LogP contribution < -0.4 is 5.32 Å². The molecule has 2 heterocycles. The van der Waals surface area contributed by atoms with Crippen LogP contribution in [0.15, 0.2) is 29.6 Å². The molecule has 28 heavy (non-hydrogen) atoms. The summed E-state index contributed by atoms with van der Waals surface area (Å²) >= 11 is 1.75. The second-order valence-electron chi connectivity index (χ2n) is 6.53. The average molecular weight is 402 g/mol. The van der Waals surface area contributed by atoms with Gasteiger partial charge in [0, 0.05) is 23.2 Å². The summed E-state index contributed by atoms with van der Waals surface area (Å²) in [6, 6.07) is 6.60. The third kappa shape index (κ3) is 4.23. The molecular formula is C20H22N2O5S. The van der Waals surface area contributed by atoms with E-state index in [1.54, 1.807) is 11.3 Å². The van der Waals surface area contributed by atoms with E-state index in [1.165, 1.54) is 42.9 Å². The molecule has 8 heteroatoms. The van der Waals surface area contributed by atoms with Crippen LogP contribution in [-0.2, 0) is 20.7 Å². The van der Waals surface area contributed by atoms with Gasteiger partial charge in [0.1, 0.15) is 0 Å². The number of thiophene rings is 1. The maximum Gasteiger partial charge on any atom is 0.337 e. The van der Waals surface area contributed by atoms with Crippen LogP contribution in [0.5, 0.6) is 0 Å². The Hall–Kier alpha value is -2.71. The number of rotatable bonds is 5. The van der Waals surface area contributed by atoms with Gasteiger partial charge in [-0.25, -0.2) is 9.59 Å². The zero-order chi connectivity index (χ0) is 20.3. The van der Waals surface area contributed by atoms with E-state index in [-0.39, 0.29) is 29.6 Å². The first kappa shape index (κ1) is 20.0. The summed E-state index contributed by atoms with van der Waals surface area (Å²) in [6.45, 7) is 3.11. The Bertz CT molecular complexity index is 874. The molecule has 0 fully saturated rings. The Morgan fingerprint density at radius 1 is 1.14 bits per heavy atom. The molecule has 1 unspecified atom stereocenters. The molecule has 1 aliphatic heterocycles. The van der Waals surface area contributed by atoms with E-state index in [2.05, 4.69) is 28.6 Å². The molecule has 0 radical (unpaired) electrons. The minimum Gasteiger partial charge on any atom is -0.465 e. The number of carbonyl (C=O) groups excluding carboxylic acids is 3. The molecule has 0 saturated carbocycles. The second kappa shape index (κ2) is 8.53. The van der Waals surface area contributed by atoms with Crippen molar-refractivity contribution < 1.29 is 23.9 Å². The van der Waals surface area contributed by atoms with Crippen LogP contribution in [0, 0.1) is 0 Å². The fourth-order valence-electron chi connectivity index (χ4n) is 3.33. The molecule has 1 N–H and O–H groups in total. The quantitative estimate of drug-likeness (QED) is 0.774. The fourth-order valence-corrected chi connectivity index (χ4v) is 4.30. The van der Waals surface area contributed by atoms with Crippen molar-refractivity contribution in [2.75, 3.05) is 32.6 Å². The van der Waals surface area contributed by atoms with Crippen LogP contribution >= 0.6 is 11.3 Å². The maximum atomic E-state index is 12.6. The lowest BCUT2D eigenvalue weighted by Crippen LogP contribution is -2.39. The van der Waals surface area contributed by atoms with Crippen LogP contribution in [0.2, 0.25) is 0 Å². The number of hydrogen-bond donors (Lipinski definition) is 1. The van der Waals surface area contributed by atoms with E-state index in [9.17, 15) is 14.4 Å². The summed E-state index contributed by atoms with van der Waals surface area (Å²) < 4.78 is 9.43. The van der Waals surface area contributed by atoms with Crippen molar-refractivity contribution in [1.29, 1.82) is 0 Å². The molecule has 0 spiro atoms. The van der Waals surface area contributed by atoms with Crippen LogP contribution in [0.1, 0.15) is 44.1 Å². The Morgan fingerprint density at radius 3 is 2.39 bits per heavy atom. The molecule has 148 valence electrons. The van der Waals surface area contributed by atoms with Gasteiger partial charge in [-0.1, -0.05) is 0 Å². The third-order valence-corrected chi connectivity index (χ3v) is 5.81. The number of amides is 1. The molecule has 1 amide bonds. The highest BCUT2D eigenvalue weighted by Gasteiger charge is 2.26. The number of hydrogen-bond acceptors (Lipinski definition) is 7. The smallest absolute Gasteiger partial charge is 0.337 e. The molecule has 0 aliphatic carbocycles. The van der Waals surface area contributed by atoms with Gasteiger partial charge in [0.15, 0.2) is 0 Å². The molecule has 3 rings (SSSR count). The van der Waals surface area contributed by atoms with Gasteiger partial charge >= 0.3 is 11.9 Å². The van der Waals surface area contributed by atoms with Crippen molar-refractivity contribution in [3.05, 3.63) is 51.2 Å². The third-order valence-electron chi connectivity index (χ3n) is 4.81. The van der Waals surface area contributed by atoms with Crippen LogP contribution in [0.3, 0.4) is 0 Å². The summed E-state index contributed by atoms with van der Waals surface area (Å²) in [4.78, 5) is 39.8. The van der Waals surface area contributed by atoms with Crippen molar-refractivity contribution in [2.24, 2.45) is 0 Å². The Morgan fingerprint density at radius 2 is 1.79 bits per heavy atom. The van der Waals surface area contributed by atoms with E-state index >= 15 is 0 Å². The first-order valence-electron chi connectivity index (χ1n) is 8.84. The molecule has 2 aromatic rings. The monoisotopic (exact) mass is 402 g/mol. The summed E-state index contributed by atoms with van der Waals surface area (Å²) in [7, 11) is 2.50. The first-order valence-corrected chi connectivity index (χ1v) is 9.72. The van der Waals surface area contributed by atoms with E-state index in [0.29, 0.717) is 5.69 Å². The minimum absolute atomic E-state index is 0.160. The number of ether oxygens (including phenoxy) is 2. The highest BCUT2D eigenvalue weighted by atomic mass is 32.1. The number of esters is 2. The van der Waals surface area contributed by atoms with Crippen LogP contribution in [0.25, 0.3) is 0 Å². The maximum absolute atomic E-state index is 12.6. The number of benzene rings is 1. The Balaban J connectivity index is 1.74. The van der Waals surface area contributed by atoms with Crippen LogP contribution in [-0.4, -0.2) is 50.1 Å². The van der Waals surface area contributed by atoms with Crippen LogP contribution in [0.4, 0.5) is 5.69 Å². The van der Waals surface area contributed by atoms with Crippen molar-refractivity contribution in [2.45, 2.75) is 19.4 Å². The van der Waals surface area contributed by atoms with Gasteiger partial charge in [0.2, 0.25) is 5.91 Å². The Kier molecular flexibility index (Phi) is 6.11. The van der Waals surface area contributed by atoms with E-state index in [4.69, 9.17) is 9.47 Å². The predicted molar refractivity (Wildman–Crippen MR) is 106 cm³/mol. The topological polar surface area (TPSA) is 84.9 Å². The number of methoxy groups -OCH3 is 2. The van der Waals surface area contributed by atoms with Gasteiger partial charge in [0.25, 0.3) is 0 Å². The molecule has 7 nitrogen and oxygen atoms in total. The highest BCUT2D eigenvalue weighted by molar-refractivity contribution is 7.10. The van der Waals surface area contributed by atoms with E-state index in [1.807, 2.05) is 0 Å². The van der Waals surface area contributed by atoms with Crippen molar-refractivity contribution in [3.8, 4) is 0 Å². The summed E-state index contributed by atoms with van der Waals surface area (Å²) in [5.41, 5.74) is 1.93. The van der Waals surface area contributed by atoms with Gasteiger partial charge in [-0.3, -0.25) is 9.69 Å². The predicted octanol–water partition coefficient (Wildman–Crippen LogP) is 2.88. The lowest BCUT2D eigenvalue weighted by Gasteiger charge is -2.32. The summed E-state index contributed by atoms with van der Waals surface area (Å²) in [5, 5.41) is 4.85. The molecule has 0 bridgehead atoms. The number of fused-ring (bicyclic) bond motifs is 1. The largest absolute Gasteiger partial charge is 0.465 e. The van der Waals surface area contributed by atoms with E-state index < -0.39 is 11.9 Å². The number of anilines is 1. The first-order chi connectivity index (χ1) is 13.4. The molecule has 0 saturated heterocycles. The van der Waals surface area contributed by atoms with Crippen molar-refractivity contribution >= 4 is 34.9 Å². The van der Waals surface area contributed by atoms with Gasteiger partial charge in [0.05, 0.1) is 31.9 Å². The molecule has 1 aromatic heterocycles. The summed E-state index contributed by atoms with van der Waals surface area (Å²) in [5.74, 6) is -1.42. The standard InChI is InChI=1S/C20H22N2O5S/c1-12-16-5-7-28-17(16)4-6-22(12)11-18(23)21-15-9-13(19(24)26-2)8-14(10-15)20(25)27-3/h5,7-10,12H,4,6,11H2,1-3H3,(H,21,23).